The number of epoxide rings is 1. The topological polar surface area (TPSA) is 38.8 Å². The fraction of sp³-hybridized carbons (Fsp3) is 0.769. The van der Waals surface area contributed by atoms with Gasteiger partial charge in [0.25, 0.3) is 0 Å². The van der Waals surface area contributed by atoms with Gasteiger partial charge in [-0.3, -0.25) is 0 Å². The maximum Gasteiger partial charge on any atom is 0.330 e. The summed E-state index contributed by atoms with van der Waals surface area (Å²) in [5.41, 5.74) is 0. The number of rotatable bonds is 7. The predicted octanol–water partition coefficient (Wildman–Crippen LogP) is 2.95. The van der Waals surface area contributed by atoms with E-state index in [1.165, 1.54) is 18.9 Å². The molecule has 1 saturated heterocycles. The van der Waals surface area contributed by atoms with Crippen LogP contribution in [0.5, 0.6) is 0 Å². The molecule has 1 rings (SSSR count). The van der Waals surface area contributed by atoms with E-state index in [-0.39, 0.29) is 5.97 Å². The lowest BCUT2D eigenvalue weighted by molar-refractivity contribution is -0.139. The predicted molar refractivity (Wildman–Crippen MR) is 65.3 cm³/mol. The monoisotopic (exact) mass is 228 g/mol. The first-order valence-electron chi connectivity index (χ1n) is 6.11. The highest BCUT2D eigenvalue weighted by atomic mass is 16.6. The molecule has 94 valence electrons. The van der Waals surface area contributed by atoms with Crippen molar-refractivity contribution in [3.05, 3.63) is 12.7 Å². The van der Waals surface area contributed by atoms with Gasteiger partial charge in [0.2, 0.25) is 0 Å². The van der Waals surface area contributed by atoms with Crippen LogP contribution in [-0.4, -0.2) is 25.8 Å². The van der Waals surface area contributed by atoms with Crippen molar-refractivity contribution in [2.45, 2.75) is 39.5 Å². The number of carbonyl (C=O) groups excluding carboxylic acids is 1. The van der Waals surface area contributed by atoms with Gasteiger partial charge in [0.15, 0.2) is 0 Å². The van der Waals surface area contributed by atoms with Gasteiger partial charge in [-0.25, -0.2) is 4.79 Å². The molecule has 0 aromatic carbocycles. The first-order valence-corrected chi connectivity index (χ1v) is 6.11. The highest BCUT2D eigenvalue weighted by Gasteiger charge is 2.07. The van der Waals surface area contributed by atoms with Crippen LogP contribution in [0.2, 0.25) is 0 Å². The third kappa shape index (κ3) is 11.2. The Kier molecular flexibility index (Phi) is 10.1. The van der Waals surface area contributed by atoms with Crippen LogP contribution in [0.15, 0.2) is 12.7 Å². The Balaban J connectivity index is 0.000000635. The Morgan fingerprint density at radius 3 is 2.50 bits per heavy atom. The van der Waals surface area contributed by atoms with E-state index in [4.69, 9.17) is 4.74 Å². The lowest BCUT2D eigenvalue weighted by Crippen LogP contribution is -2.12. The summed E-state index contributed by atoms with van der Waals surface area (Å²) >= 11 is 0. The highest BCUT2D eigenvalue weighted by Crippen LogP contribution is 2.12. The summed E-state index contributed by atoms with van der Waals surface area (Å²) in [4.78, 5) is 10.8. The maximum atomic E-state index is 10.8. The number of hydrogen-bond donors (Lipinski definition) is 0. The minimum absolute atomic E-state index is 0.310. The standard InChI is InChI=1S/C11H20O2.C2H4O/c1-4-7-8-10(5-2)9-13-11(12)6-3;1-2-3-1/h6,10H,3-5,7-9H2,1-2H3;1-2H2. The van der Waals surface area contributed by atoms with Crippen LogP contribution in [0.25, 0.3) is 0 Å². The van der Waals surface area contributed by atoms with Crippen molar-refractivity contribution < 1.29 is 14.3 Å². The van der Waals surface area contributed by atoms with Crippen LogP contribution in [0, 0.1) is 5.92 Å². The van der Waals surface area contributed by atoms with Crippen molar-refractivity contribution in [1.29, 1.82) is 0 Å². The third-order valence-corrected chi connectivity index (χ3v) is 2.38. The quantitative estimate of drug-likeness (QED) is 0.382. The molecular formula is C13H24O3. The minimum Gasteiger partial charge on any atom is -0.462 e. The summed E-state index contributed by atoms with van der Waals surface area (Å²) in [5, 5.41) is 0. The molecule has 3 nitrogen and oxygen atoms in total. The number of esters is 1. The Morgan fingerprint density at radius 1 is 1.50 bits per heavy atom. The van der Waals surface area contributed by atoms with Gasteiger partial charge < -0.3 is 9.47 Å². The van der Waals surface area contributed by atoms with Crippen molar-refractivity contribution in [3.8, 4) is 0 Å². The molecule has 0 aromatic heterocycles. The van der Waals surface area contributed by atoms with Gasteiger partial charge in [0.1, 0.15) is 0 Å². The van der Waals surface area contributed by atoms with E-state index in [0.717, 1.165) is 26.1 Å². The highest BCUT2D eigenvalue weighted by molar-refractivity contribution is 5.81. The van der Waals surface area contributed by atoms with E-state index in [0.29, 0.717) is 12.5 Å². The fourth-order valence-corrected chi connectivity index (χ4v) is 1.16. The first kappa shape index (κ1) is 15.2. The molecule has 0 amide bonds. The summed E-state index contributed by atoms with van der Waals surface area (Å²) in [6.45, 7) is 10.2. The summed E-state index contributed by atoms with van der Waals surface area (Å²) in [7, 11) is 0. The van der Waals surface area contributed by atoms with Gasteiger partial charge in [-0.1, -0.05) is 39.7 Å². The molecule has 0 bridgehead atoms. The molecule has 1 fully saturated rings. The largest absolute Gasteiger partial charge is 0.462 e. The molecule has 1 atom stereocenters. The number of unbranched alkanes of at least 4 members (excludes halogenated alkanes) is 1. The number of hydrogen-bond acceptors (Lipinski definition) is 3. The Bertz CT molecular complexity index is 185. The van der Waals surface area contributed by atoms with Gasteiger partial charge in [-0.15, -0.1) is 0 Å². The smallest absolute Gasteiger partial charge is 0.330 e. The summed E-state index contributed by atoms with van der Waals surface area (Å²) in [5.74, 6) is 0.207. The van der Waals surface area contributed by atoms with E-state index >= 15 is 0 Å². The molecule has 0 N–H and O–H groups in total. The zero-order chi connectivity index (χ0) is 12.2. The van der Waals surface area contributed by atoms with E-state index in [1.807, 2.05) is 0 Å². The second-order valence-electron chi connectivity index (χ2n) is 3.86. The fourth-order valence-electron chi connectivity index (χ4n) is 1.16. The van der Waals surface area contributed by atoms with E-state index < -0.39 is 0 Å². The normalized spacial score (nSPS) is 14.4. The van der Waals surface area contributed by atoms with E-state index in [2.05, 4.69) is 25.2 Å². The van der Waals surface area contributed by atoms with E-state index in [9.17, 15) is 4.79 Å². The molecule has 1 aliphatic rings. The molecular weight excluding hydrogens is 204 g/mol. The van der Waals surface area contributed by atoms with Crippen LogP contribution in [-0.2, 0) is 14.3 Å². The lowest BCUT2D eigenvalue weighted by atomic mass is 10.0. The van der Waals surface area contributed by atoms with Gasteiger partial charge in [-0.2, -0.15) is 0 Å². The lowest BCUT2D eigenvalue weighted by Gasteiger charge is -2.13. The van der Waals surface area contributed by atoms with Gasteiger partial charge in [0.05, 0.1) is 19.8 Å². The van der Waals surface area contributed by atoms with Crippen LogP contribution in [0.4, 0.5) is 0 Å². The molecule has 1 unspecified atom stereocenters. The van der Waals surface area contributed by atoms with Crippen LogP contribution >= 0.6 is 0 Å². The molecule has 0 radical (unpaired) electrons. The molecule has 0 saturated carbocycles. The summed E-state index contributed by atoms with van der Waals surface area (Å²) in [6.07, 6.45) is 5.85. The second kappa shape index (κ2) is 10.7. The Labute approximate surface area is 98.8 Å². The second-order valence-corrected chi connectivity index (χ2v) is 3.86. The third-order valence-electron chi connectivity index (χ3n) is 2.38. The first-order chi connectivity index (χ1) is 7.74. The molecule has 1 aliphatic heterocycles. The van der Waals surface area contributed by atoms with Crippen molar-refractivity contribution >= 4 is 5.97 Å². The number of carbonyl (C=O) groups is 1. The Hall–Kier alpha value is -0.830. The summed E-state index contributed by atoms with van der Waals surface area (Å²) < 4.78 is 9.48. The SMILES string of the molecule is C1CO1.C=CC(=O)OCC(CC)CCCC. The van der Waals surface area contributed by atoms with Gasteiger partial charge in [0, 0.05) is 6.08 Å². The average molecular weight is 228 g/mol. The maximum absolute atomic E-state index is 10.8. The van der Waals surface area contributed by atoms with Gasteiger partial charge in [-0.05, 0) is 12.3 Å². The van der Waals surface area contributed by atoms with E-state index in [1.54, 1.807) is 0 Å². The minimum atomic E-state index is -0.310. The van der Waals surface area contributed by atoms with Gasteiger partial charge >= 0.3 is 5.97 Å². The zero-order valence-electron chi connectivity index (χ0n) is 10.5. The van der Waals surface area contributed by atoms with Crippen molar-refractivity contribution in [1.82, 2.24) is 0 Å². The molecule has 1 heterocycles. The molecule has 0 aromatic rings. The molecule has 16 heavy (non-hydrogen) atoms. The molecule has 0 aliphatic carbocycles. The zero-order valence-corrected chi connectivity index (χ0v) is 10.5. The number of ether oxygens (including phenoxy) is 2. The molecule has 0 spiro atoms. The van der Waals surface area contributed by atoms with Crippen molar-refractivity contribution in [2.24, 2.45) is 5.92 Å². The molecule has 3 heteroatoms. The van der Waals surface area contributed by atoms with Crippen molar-refractivity contribution in [3.63, 3.8) is 0 Å². The van der Waals surface area contributed by atoms with Crippen LogP contribution in [0.1, 0.15) is 39.5 Å². The van der Waals surface area contributed by atoms with Crippen LogP contribution in [0.3, 0.4) is 0 Å². The van der Waals surface area contributed by atoms with Crippen LogP contribution < -0.4 is 0 Å². The average Bonchev–Trinajstić information content (AvgIpc) is 3.16. The van der Waals surface area contributed by atoms with Crippen molar-refractivity contribution in [2.75, 3.05) is 19.8 Å². The summed E-state index contributed by atoms with van der Waals surface area (Å²) in [6, 6.07) is 0. The Morgan fingerprint density at radius 2 is 2.12 bits per heavy atom.